The van der Waals surface area contributed by atoms with Crippen LogP contribution >= 0.6 is 67.8 Å². The Hall–Kier alpha value is 0.0900. The number of hydrogen-bond acceptors (Lipinski definition) is 2. The minimum absolute atomic E-state index is 0.130. The van der Waals surface area contributed by atoms with Gasteiger partial charge in [-0.15, -0.1) is 0 Å². The van der Waals surface area contributed by atoms with Gasteiger partial charge in [0.2, 0.25) is 0 Å². The van der Waals surface area contributed by atoms with E-state index in [0.717, 1.165) is 10.7 Å². The van der Waals surface area contributed by atoms with E-state index < -0.39 is 0 Å². The highest BCUT2D eigenvalue weighted by molar-refractivity contribution is 14.1. The zero-order chi connectivity index (χ0) is 12.4. The predicted molar refractivity (Wildman–Crippen MR) is 91.1 cm³/mol. The third-order valence-corrected chi connectivity index (χ3v) is 5.65. The summed E-state index contributed by atoms with van der Waals surface area (Å²) in [6.45, 7) is 0. The van der Waals surface area contributed by atoms with E-state index in [4.69, 9.17) is 0 Å². The van der Waals surface area contributed by atoms with Crippen molar-refractivity contribution in [2.24, 2.45) is 0 Å². The molecule has 1 aromatic heterocycles. The third-order valence-electron chi connectivity index (χ3n) is 1.99. The van der Waals surface area contributed by atoms with Crippen molar-refractivity contribution >= 4 is 79.5 Å². The molecule has 0 aliphatic heterocycles. The summed E-state index contributed by atoms with van der Waals surface area (Å²) in [5.74, 6) is 0.467. The molecule has 88 valence electrons. The second kappa shape index (κ2) is 5.82. The summed E-state index contributed by atoms with van der Waals surface area (Å²) in [7, 11) is 0. The van der Waals surface area contributed by atoms with Crippen LogP contribution in [0.25, 0.3) is 0 Å². The first-order chi connectivity index (χ1) is 8.08. The number of benzene rings is 1. The Morgan fingerprint density at radius 2 is 2.06 bits per heavy atom. The molecule has 0 spiro atoms. The largest absolute Gasteiger partial charge is 0.307 e. The van der Waals surface area contributed by atoms with Crippen LogP contribution in [0.2, 0.25) is 0 Å². The molecular formula is C10H6I3N3O. The molecule has 4 nitrogen and oxygen atoms in total. The average Bonchev–Trinajstić information content (AvgIpc) is 2.76. The van der Waals surface area contributed by atoms with Gasteiger partial charge in [0.15, 0.2) is 0 Å². The van der Waals surface area contributed by atoms with Crippen molar-refractivity contribution in [1.82, 2.24) is 10.2 Å². The highest BCUT2D eigenvalue weighted by atomic mass is 127. The van der Waals surface area contributed by atoms with E-state index in [9.17, 15) is 4.79 Å². The van der Waals surface area contributed by atoms with Crippen molar-refractivity contribution in [2.75, 3.05) is 5.32 Å². The van der Waals surface area contributed by atoms with Crippen LogP contribution in [0.3, 0.4) is 0 Å². The summed E-state index contributed by atoms with van der Waals surface area (Å²) in [5.41, 5.74) is 0.677. The fourth-order valence-electron chi connectivity index (χ4n) is 1.24. The molecule has 1 heterocycles. The number of nitrogens with zero attached hydrogens (tertiary/aromatic N) is 1. The van der Waals surface area contributed by atoms with Crippen LogP contribution in [-0.2, 0) is 0 Å². The second-order valence-corrected chi connectivity index (χ2v) is 6.66. The minimum atomic E-state index is -0.130. The Balaban J connectivity index is 2.31. The quantitative estimate of drug-likeness (QED) is 0.434. The van der Waals surface area contributed by atoms with Crippen LogP contribution < -0.4 is 5.32 Å². The third kappa shape index (κ3) is 3.30. The molecule has 0 fully saturated rings. The standard InChI is InChI=1S/C10H6I3N3O/c11-5-3-6(9(13)7(12)4-5)10(17)15-8-1-2-14-16-8/h1-4H,(H2,14,15,16,17). The van der Waals surface area contributed by atoms with Crippen LogP contribution in [0.4, 0.5) is 5.82 Å². The zero-order valence-corrected chi connectivity index (χ0v) is 14.8. The Kier molecular flexibility index (Phi) is 4.63. The maximum atomic E-state index is 12.1. The monoisotopic (exact) mass is 565 g/mol. The van der Waals surface area contributed by atoms with Crippen molar-refractivity contribution in [3.63, 3.8) is 0 Å². The highest BCUT2D eigenvalue weighted by Crippen LogP contribution is 2.23. The molecule has 0 aliphatic carbocycles. The van der Waals surface area contributed by atoms with Crippen LogP contribution in [0, 0.1) is 10.7 Å². The maximum Gasteiger partial charge on any atom is 0.257 e. The van der Waals surface area contributed by atoms with Gasteiger partial charge in [-0.1, -0.05) is 0 Å². The molecule has 0 bridgehead atoms. The number of aromatic amines is 1. The molecule has 0 unspecified atom stereocenters. The van der Waals surface area contributed by atoms with Gasteiger partial charge in [0, 0.05) is 16.8 Å². The zero-order valence-electron chi connectivity index (χ0n) is 8.30. The molecule has 0 saturated heterocycles. The van der Waals surface area contributed by atoms with E-state index in [2.05, 4.69) is 83.3 Å². The SMILES string of the molecule is O=C(Nc1ccn[nH]1)c1cc(I)cc(I)c1I. The fourth-order valence-corrected chi connectivity index (χ4v) is 3.64. The van der Waals surface area contributed by atoms with Gasteiger partial charge in [-0.3, -0.25) is 9.89 Å². The lowest BCUT2D eigenvalue weighted by atomic mass is 10.2. The van der Waals surface area contributed by atoms with E-state index in [1.54, 1.807) is 12.3 Å². The van der Waals surface area contributed by atoms with Crippen LogP contribution in [-0.4, -0.2) is 16.1 Å². The van der Waals surface area contributed by atoms with E-state index in [1.165, 1.54) is 0 Å². The number of carbonyl (C=O) groups excluding carboxylic acids is 1. The molecule has 2 N–H and O–H groups in total. The second-order valence-electron chi connectivity index (χ2n) is 3.17. The summed E-state index contributed by atoms with van der Waals surface area (Å²) < 4.78 is 3.08. The van der Waals surface area contributed by atoms with E-state index >= 15 is 0 Å². The molecule has 17 heavy (non-hydrogen) atoms. The summed E-state index contributed by atoms with van der Waals surface area (Å²) in [5, 5.41) is 9.25. The molecule has 0 atom stereocenters. The van der Waals surface area contributed by atoms with Crippen molar-refractivity contribution in [3.8, 4) is 0 Å². The molecule has 1 aromatic carbocycles. The minimum Gasteiger partial charge on any atom is -0.307 e. The lowest BCUT2D eigenvalue weighted by Gasteiger charge is -2.07. The Bertz CT molecular complexity index is 554. The van der Waals surface area contributed by atoms with E-state index in [-0.39, 0.29) is 5.91 Å². The summed E-state index contributed by atoms with van der Waals surface area (Å²) >= 11 is 6.61. The highest BCUT2D eigenvalue weighted by Gasteiger charge is 2.14. The molecular weight excluding hydrogens is 559 g/mol. The molecule has 2 aromatic rings. The van der Waals surface area contributed by atoms with Gasteiger partial charge in [-0.25, -0.2) is 0 Å². The molecule has 0 radical (unpaired) electrons. The molecule has 0 aliphatic rings. The number of rotatable bonds is 2. The normalized spacial score (nSPS) is 10.3. The first kappa shape index (κ1) is 13.5. The Labute approximate surface area is 139 Å². The topological polar surface area (TPSA) is 57.8 Å². The smallest absolute Gasteiger partial charge is 0.257 e. The number of amides is 1. The first-order valence-corrected chi connectivity index (χ1v) is 7.77. The molecule has 1 amide bonds. The Morgan fingerprint density at radius 1 is 1.29 bits per heavy atom. The number of H-pyrrole nitrogens is 1. The van der Waals surface area contributed by atoms with E-state index in [0.29, 0.717) is 11.4 Å². The van der Waals surface area contributed by atoms with Gasteiger partial charge in [-0.2, -0.15) is 5.10 Å². The van der Waals surface area contributed by atoms with Gasteiger partial charge >= 0.3 is 0 Å². The van der Waals surface area contributed by atoms with Gasteiger partial charge in [-0.05, 0) is 79.9 Å². The number of hydrogen-bond donors (Lipinski definition) is 2. The van der Waals surface area contributed by atoms with Crippen molar-refractivity contribution < 1.29 is 4.79 Å². The van der Waals surface area contributed by atoms with Crippen LogP contribution in [0.15, 0.2) is 24.4 Å². The van der Waals surface area contributed by atoms with Crippen molar-refractivity contribution in [3.05, 3.63) is 40.7 Å². The predicted octanol–water partition coefficient (Wildman–Crippen LogP) is 3.48. The lowest BCUT2D eigenvalue weighted by Crippen LogP contribution is -2.14. The van der Waals surface area contributed by atoms with Gasteiger partial charge < -0.3 is 5.32 Å². The summed E-state index contributed by atoms with van der Waals surface area (Å²) in [6, 6.07) is 5.62. The number of anilines is 1. The lowest BCUT2D eigenvalue weighted by molar-refractivity contribution is 0.102. The van der Waals surface area contributed by atoms with Gasteiger partial charge in [0.25, 0.3) is 5.91 Å². The molecule has 7 heteroatoms. The van der Waals surface area contributed by atoms with Gasteiger partial charge in [0.1, 0.15) is 5.82 Å². The number of aromatic nitrogens is 2. The first-order valence-electron chi connectivity index (χ1n) is 4.53. The molecule has 2 rings (SSSR count). The number of nitrogens with one attached hydrogen (secondary N) is 2. The molecule has 0 saturated carbocycles. The van der Waals surface area contributed by atoms with Crippen molar-refractivity contribution in [2.45, 2.75) is 0 Å². The van der Waals surface area contributed by atoms with E-state index in [1.807, 2.05) is 12.1 Å². The van der Waals surface area contributed by atoms with Gasteiger partial charge in [0.05, 0.1) is 11.8 Å². The van der Waals surface area contributed by atoms with Crippen molar-refractivity contribution in [1.29, 1.82) is 0 Å². The van der Waals surface area contributed by atoms with Crippen LogP contribution in [0.5, 0.6) is 0 Å². The Morgan fingerprint density at radius 3 is 2.71 bits per heavy atom. The maximum absolute atomic E-state index is 12.1. The van der Waals surface area contributed by atoms with Crippen LogP contribution in [0.1, 0.15) is 10.4 Å². The fraction of sp³-hybridized carbons (Fsp3) is 0. The number of halogens is 3. The summed E-state index contributed by atoms with van der Waals surface area (Å²) in [6.07, 6.45) is 1.60. The number of carbonyl (C=O) groups is 1. The average molecular weight is 565 g/mol. The summed E-state index contributed by atoms with van der Waals surface area (Å²) in [4.78, 5) is 12.1.